The molecule has 0 aliphatic heterocycles. The van der Waals surface area contributed by atoms with Gasteiger partial charge in [0.15, 0.2) is 5.78 Å². The van der Waals surface area contributed by atoms with Gasteiger partial charge in [-0.15, -0.1) is 13.2 Å². The third kappa shape index (κ3) is 3.40. The number of ketones is 1. The van der Waals surface area contributed by atoms with Gasteiger partial charge in [0.05, 0.1) is 14.2 Å². The minimum absolute atomic E-state index is 0.0622. The molecule has 0 fully saturated rings. The first-order valence-corrected chi connectivity index (χ1v) is 7.47. The number of hydrogen-bond donors (Lipinski definition) is 0. The van der Waals surface area contributed by atoms with Gasteiger partial charge in [0.2, 0.25) is 0 Å². The van der Waals surface area contributed by atoms with Crippen molar-refractivity contribution < 1.29 is 32.2 Å². The highest BCUT2D eigenvalue weighted by Crippen LogP contribution is 2.45. The standard InChI is InChI=1S/C18H15F3O4/c1-23-12-7-14-15(22)9-13(17(14)16(8-12)24-2)10-3-5-11(6-4-10)25-18(19,20)21/h3-8,13H,9H2,1-2H3. The SMILES string of the molecule is COc1cc(OC)c2c(c1)C(=O)CC2c1ccc(OC(F)(F)F)cc1. The predicted octanol–water partition coefficient (Wildman–Crippen LogP) is 4.32. The smallest absolute Gasteiger partial charge is 0.497 e. The largest absolute Gasteiger partial charge is 0.573 e. The lowest BCUT2D eigenvalue weighted by molar-refractivity contribution is -0.274. The number of ether oxygens (including phenoxy) is 3. The van der Waals surface area contributed by atoms with Crippen LogP contribution < -0.4 is 14.2 Å². The van der Waals surface area contributed by atoms with Crippen LogP contribution in [-0.2, 0) is 0 Å². The maximum Gasteiger partial charge on any atom is 0.573 e. The molecular formula is C18H15F3O4. The number of carbonyl (C=O) groups excluding carboxylic acids is 1. The molecule has 0 spiro atoms. The molecule has 0 amide bonds. The van der Waals surface area contributed by atoms with Crippen molar-refractivity contribution in [3.63, 3.8) is 0 Å². The van der Waals surface area contributed by atoms with Gasteiger partial charge in [0.25, 0.3) is 0 Å². The molecule has 0 saturated heterocycles. The van der Waals surface area contributed by atoms with E-state index < -0.39 is 6.36 Å². The number of methoxy groups -OCH3 is 2. The first-order chi connectivity index (χ1) is 11.8. The van der Waals surface area contributed by atoms with Crippen molar-refractivity contribution in [2.75, 3.05) is 14.2 Å². The van der Waals surface area contributed by atoms with Crippen LogP contribution >= 0.6 is 0 Å². The van der Waals surface area contributed by atoms with Crippen LogP contribution in [0.5, 0.6) is 17.2 Å². The van der Waals surface area contributed by atoms with Crippen molar-refractivity contribution >= 4 is 5.78 Å². The number of fused-ring (bicyclic) bond motifs is 1. The molecule has 0 heterocycles. The van der Waals surface area contributed by atoms with E-state index in [4.69, 9.17) is 9.47 Å². The fourth-order valence-electron chi connectivity index (χ4n) is 3.06. The van der Waals surface area contributed by atoms with Crippen molar-refractivity contribution in [2.24, 2.45) is 0 Å². The summed E-state index contributed by atoms with van der Waals surface area (Å²) in [6.07, 6.45) is -4.52. The fraction of sp³-hybridized carbons (Fsp3) is 0.278. The molecule has 4 nitrogen and oxygen atoms in total. The summed E-state index contributed by atoms with van der Waals surface area (Å²) in [5.74, 6) is 0.373. The Morgan fingerprint density at radius 1 is 1.00 bits per heavy atom. The van der Waals surface area contributed by atoms with Gasteiger partial charge in [-0.25, -0.2) is 0 Å². The lowest BCUT2D eigenvalue weighted by atomic mass is 9.92. The van der Waals surface area contributed by atoms with Gasteiger partial charge in [0, 0.05) is 29.5 Å². The van der Waals surface area contributed by atoms with Gasteiger partial charge in [-0.05, 0) is 23.8 Å². The molecule has 2 aromatic carbocycles. The molecular weight excluding hydrogens is 337 g/mol. The summed E-state index contributed by atoms with van der Waals surface area (Å²) in [6, 6.07) is 8.87. The Bertz CT molecular complexity index is 797. The lowest BCUT2D eigenvalue weighted by Crippen LogP contribution is -2.17. The number of Topliss-reactive ketones (excluding diaryl/α,β-unsaturated/α-hetero) is 1. The van der Waals surface area contributed by atoms with Crippen LogP contribution in [0.2, 0.25) is 0 Å². The van der Waals surface area contributed by atoms with Crippen LogP contribution in [0.1, 0.15) is 33.8 Å². The number of carbonyl (C=O) groups is 1. The number of rotatable bonds is 4. The van der Waals surface area contributed by atoms with E-state index in [0.717, 1.165) is 5.56 Å². The Morgan fingerprint density at radius 3 is 2.24 bits per heavy atom. The van der Waals surface area contributed by atoms with Crippen LogP contribution in [0.4, 0.5) is 13.2 Å². The molecule has 0 bridgehead atoms. The maximum atomic E-state index is 12.4. The normalized spacial score (nSPS) is 16.5. The molecule has 1 atom stereocenters. The summed E-state index contributed by atoms with van der Waals surface area (Å²) in [5.41, 5.74) is 1.94. The number of hydrogen-bond acceptors (Lipinski definition) is 4. The van der Waals surface area contributed by atoms with E-state index in [1.165, 1.54) is 38.5 Å². The molecule has 1 aliphatic carbocycles. The zero-order valence-electron chi connectivity index (χ0n) is 13.5. The zero-order valence-corrected chi connectivity index (χ0v) is 13.5. The van der Waals surface area contributed by atoms with Crippen molar-refractivity contribution in [1.82, 2.24) is 0 Å². The molecule has 0 N–H and O–H groups in total. The number of benzene rings is 2. The second kappa shape index (κ2) is 6.31. The van der Waals surface area contributed by atoms with Gasteiger partial charge in [-0.1, -0.05) is 12.1 Å². The van der Waals surface area contributed by atoms with Crippen molar-refractivity contribution in [3.05, 3.63) is 53.1 Å². The van der Waals surface area contributed by atoms with E-state index in [9.17, 15) is 18.0 Å². The predicted molar refractivity (Wildman–Crippen MR) is 83.5 cm³/mol. The van der Waals surface area contributed by atoms with Crippen LogP contribution in [0, 0.1) is 0 Å². The highest BCUT2D eigenvalue weighted by molar-refractivity contribution is 6.03. The minimum atomic E-state index is -4.74. The highest BCUT2D eigenvalue weighted by Gasteiger charge is 2.35. The Kier molecular flexibility index (Phi) is 4.32. The maximum absolute atomic E-state index is 12.4. The highest BCUT2D eigenvalue weighted by atomic mass is 19.4. The average molecular weight is 352 g/mol. The van der Waals surface area contributed by atoms with Gasteiger partial charge in [0.1, 0.15) is 17.2 Å². The monoisotopic (exact) mass is 352 g/mol. The van der Waals surface area contributed by atoms with Crippen LogP contribution in [0.15, 0.2) is 36.4 Å². The Morgan fingerprint density at radius 2 is 1.68 bits per heavy atom. The molecule has 2 aromatic rings. The topological polar surface area (TPSA) is 44.8 Å². The lowest BCUT2D eigenvalue weighted by Gasteiger charge is -2.16. The molecule has 1 unspecified atom stereocenters. The molecule has 0 aromatic heterocycles. The average Bonchev–Trinajstić information content (AvgIpc) is 2.90. The third-order valence-corrected chi connectivity index (χ3v) is 4.13. The van der Waals surface area contributed by atoms with E-state index >= 15 is 0 Å². The van der Waals surface area contributed by atoms with Crippen LogP contribution in [0.3, 0.4) is 0 Å². The molecule has 1 aliphatic rings. The molecule has 3 rings (SSSR count). The fourth-order valence-corrected chi connectivity index (χ4v) is 3.06. The van der Waals surface area contributed by atoms with Crippen molar-refractivity contribution in [3.8, 4) is 17.2 Å². The summed E-state index contributed by atoms with van der Waals surface area (Å²) in [4.78, 5) is 12.4. The number of halogens is 3. The number of alkyl halides is 3. The molecule has 0 saturated carbocycles. The van der Waals surface area contributed by atoms with Gasteiger partial charge in [-0.2, -0.15) is 0 Å². The molecule has 25 heavy (non-hydrogen) atoms. The van der Waals surface area contributed by atoms with Crippen molar-refractivity contribution in [1.29, 1.82) is 0 Å². The summed E-state index contributed by atoms with van der Waals surface area (Å²) in [7, 11) is 2.99. The van der Waals surface area contributed by atoms with Crippen LogP contribution in [0.25, 0.3) is 0 Å². The summed E-state index contributed by atoms with van der Waals surface area (Å²) < 4.78 is 51.2. The summed E-state index contributed by atoms with van der Waals surface area (Å²) in [6.45, 7) is 0. The molecule has 0 radical (unpaired) electrons. The van der Waals surface area contributed by atoms with E-state index in [0.29, 0.717) is 22.6 Å². The third-order valence-electron chi connectivity index (χ3n) is 4.13. The Labute approximate surface area is 142 Å². The van der Waals surface area contributed by atoms with E-state index in [2.05, 4.69) is 4.74 Å². The van der Waals surface area contributed by atoms with E-state index in [1.807, 2.05) is 0 Å². The van der Waals surface area contributed by atoms with Crippen LogP contribution in [-0.4, -0.2) is 26.4 Å². The quantitative estimate of drug-likeness (QED) is 0.822. The molecule has 132 valence electrons. The van der Waals surface area contributed by atoms with E-state index in [1.54, 1.807) is 12.1 Å². The summed E-state index contributed by atoms with van der Waals surface area (Å²) in [5, 5.41) is 0. The van der Waals surface area contributed by atoms with Gasteiger partial charge in [-0.3, -0.25) is 4.79 Å². The second-order valence-corrected chi connectivity index (χ2v) is 5.59. The molecule has 7 heteroatoms. The first kappa shape index (κ1) is 17.1. The van der Waals surface area contributed by atoms with Crippen molar-refractivity contribution in [2.45, 2.75) is 18.7 Å². The van der Waals surface area contributed by atoms with E-state index in [-0.39, 0.29) is 23.9 Å². The van der Waals surface area contributed by atoms with Gasteiger partial charge >= 0.3 is 6.36 Å². The van der Waals surface area contributed by atoms with Gasteiger partial charge < -0.3 is 14.2 Å². The summed E-state index contributed by atoms with van der Waals surface area (Å²) >= 11 is 0. The zero-order chi connectivity index (χ0) is 18.2. The minimum Gasteiger partial charge on any atom is -0.497 e. The Hall–Kier alpha value is -2.70. The first-order valence-electron chi connectivity index (χ1n) is 7.47. The second-order valence-electron chi connectivity index (χ2n) is 5.59. The Balaban J connectivity index is 1.97.